The van der Waals surface area contributed by atoms with Gasteiger partial charge in [0, 0.05) is 13.1 Å². The Kier molecular flexibility index (Phi) is 7.88. The molecule has 0 aliphatic heterocycles. The van der Waals surface area contributed by atoms with Gasteiger partial charge in [-0.05, 0) is 19.9 Å². The Morgan fingerprint density at radius 3 is 2.56 bits per heavy atom. The highest BCUT2D eigenvalue weighted by molar-refractivity contribution is 5.96. The van der Waals surface area contributed by atoms with Crippen molar-refractivity contribution in [1.29, 1.82) is 5.26 Å². The van der Waals surface area contributed by atoms with Crippen LogP contribution >= 0.6 is 0 Å². The number of anilines is 2. The lowest BCUT2D eigenvalue weighted by atomic mass is 10.2. The van der Waals surface area contributed by atoms with Crippen molar-refractivity contribution in [3.05, 3.63) is 20.8 Å². The number of hydrogen-bond donors (Lipinski definition) is 2. The first-order valence-electron chi connectivity index (χ1n) is 8.35. The first-order chi connectivity index (χ1) is 11.9. The molecule has 1 aromatic rings. The smallest absolute Gasteiger partial charge is 0.330 e. The zero-order valence-electron chi connectivity index (χ0n) is 15.0. The monoisotopic (exact) mass is 350 g/mol. The summed E-state index contributed by atoms with van der Waals surface area (Å²) in [6.45, 7) is 4.58. The normalized spacial score (nSPS) is 10.7. The molecular formula is C16H26N6O3. The number of aromatic nitrogens is 2. The average Bonchev–Trinajstić information content (AvgIpc) is 2.54. The van der Waals surface area contributed by atoms with Crippen molar-refractivity contribution in [2.75, 3.05) is 37.3 Å². The molecule has 0 aliphatic rings. The summed E-state index contributed by atoms with van der Waals surface area (Å²) in [5.41, 5.74) is 4.79. The van der Waals surface area contributed by atoms with Crippen molar-refractivity contribution in [1.82, 2.24) is 14.5 Å². The van der Waals surface area contributed by atoms with Crippen molar-refractivity contribution in [2.45, 2.75) is 39.7 Å². The zero-order valence-corrected chi connectivity index (χ0v) is 15.0. The van der Waals surface area contributed by atoms with E-state index in [1.165, 1.54) is 9.47 Å². The molecule has 0 aromatic carbocycles. The van der Waals surface area contributed by atoms with E-state index in [0.29, 0.717) is 25.9 Å². The highest BCUT2D eigenvalue weighted by atomic mass is 16.2. The molecule has 0 spiro atoms. The van der Waals surface area contributed by atoms with Crippen molar-refractivity contribution < 1.29 is 4.79 Å². The van der Waals surface area contributed by atoms with Gasteiger partial charge in [-0.2, -0.15) is 5.26 Å². The van der Waals surface area contributed by atoms with Crippen molar-refractivity contribution >= 4 is 17.4 Å². The standard InChI is InChI=1S/C16H26N6O3/c1-4-6-9-21(12(23)11-20(3)10-7-17)13-14(18)22(8-5-2)16(25)19-15(13)24/h4-6,8-11,18H2,1-3H3,(H,19,24,25). The third-order valence-corrected chi connectivity index (χ3v) is 3.71. The molecule has 0 bridgehead atoms. The lowest BCUT2D eigenvalue weighted by Gasteiger charge is -2.26. The summed E-state index contributed by atoms with van der Waals surface area (Å²) in [5.74, 6) is -0.354. The quantitative estimate of drug-likeness (QED) is 0.609. The Hall–Kier alpha value is -2.60. The van der Waals surface area contributed by atoms with Gasteiger partial charge in [-0.1, -0.05) is 20.3 Å². The number of nitrogens with zero attached hydrogens (tertiary/aromatic N) is 4. The number of carbonyl (C=O) groups is 1. The van der Waals surface area contributed by atoms with Crippen LogP contribution < -0.4 is 21.9 Å². The van der Waals surface area contributed by atoms with Crippen LogP contribution in [0.1, 0.15) is 33.1 Å². The van der Waals surface area contributed by atoms with Crippen LogP contribution in [0.15, 0.2) is 9.59 Å². The fourth-order valence-electron chi connectivity index (χ4n) is 2.45. The van der Waals surface area contributed by atoms with Gasteiger partial charge < -0.3 is 10.6 Å². The van der Waals surface area contributed by atoms with Crippen molar-refractivity contribution in [3.63, 3.8) is 0 Å². The molecule has 0 saturated heterocycles. The largest absolute Gasteiger partial charge is 0.383 e. The molecule has 1 amide bonds. The highest BCUT2D eigenvalue weighted by Gasteiger charge is 2.24. The number of nitrogens with one attached hydrogen (secondary N) is 1. The van der Waals surface area contributed by atoms with E-state index in [2.05, 4.69) is 4.98 Å². The summed E-state index contributed by atoms with van der Waals surface area (Å²) in [6.07, 6.45) is 2.16. The first kappa shape index (κ1) is 20.4. The van der Waals surface area contributed by atoms with E-state index >= 15 is 0 Å². The molecule has 9 nitrogen and oxygen atoms in total. The van der Waals surface area contributed by atoms with E-state index in [0.717, 1.165) is 6.42 Å². The number of nitrogens with two attached hydrogens (primary N) is 1. The molecule has 0 saturated carbocycles. The van der Waals surface area contributed by atoms with Gasteiger partial charge in [0.2, 0.25) is 5.91 Å². The van der Waals surface area contributed by atoms with Gasteiger partial charge >= 0.3 is 5.69 Å². The number of carbonyl (C=O) groups excluding carboxylic acids is 1. The van der Waals surface area contributed by atoms with E-state index in [1.807, 2.05) is 19.9 Å². The number of hydrogen-bond acceptors (Lipinski definition) is 6. The summed E-state index contributed by atoms with van der Waals surface area (Å²) >= 11 is 0. The molecule has 25 heavy (non-hydrogen) atoms. The summed E-state index contributed by atoms with van der Waals surface area (Å²) in [7, 11) is 1.64. The molecule has 0 atom stereocenters. The van der Waals surface area contributed by atoms with Crippen LogP contribution in [-0.2, 0) is 11.3 Å². The topological polar surface area (TPSA) is 128 Å². The lowest BCUT2D eigenvalue weighted by molar-refractivity contribution is -0.119. The van der Waals surface area contributed by atoms with Crippen LogP contribution in [0.4, 0.5) is 11.5 Å². The Morgan fingerprint density at radius 2 is 2.00 bits per heavy atom. The fourth-order valence-corrected chi connectivity index (χ4v) is 2.45. The summed E-state index contributed by atoms with van der Waals surface area (Å²) < 4.78 is 1.27. The van der Waals surface area contributed by atoms with Crippen molar-refractivity contribution in [3.8, 4) is 6.07 Å². The van der Waals surface area contributed by atoms with Crippen LogP contribution in [-0.4, -0.2) is 47.0 Å². The Balaban J connectivity index is 3.34. The second kappa shape index (κ2) is 9.64. The predicted octanol–water partition coefficient (Wildman–Crippen LogP) is 0.117. The number of amides is 1. The molecule has 0 aliphatic carbocycles. The molecule has 0 radical (unpaired) electrons. The number of aromatic amines is 1. The number of H-pyrrole nitrogens is 1. The minimum absolute atomic E-state index is 0.00291. The van der Waals surface area contributed by atoms with E-state index in [4.69, 9.17) is 11.0 Å². The third-order valence-electron chi connectivity index (χ3n) is 3.71. The van der Waals surface area contributed by atoms with Crippen LogP contribution in [0.25, 0.3) is 0 Å². The van der Waals surface area contributed by atoms with Gasteiger partial charge in [-0.25, -0.2) is 4.79 Å². The molecule has 1 aromatic heterocycles. The predicted molar refractivity (Wildman–Crippen MR) is 96.4 cm³/mol. The number of nitriles is 1. The Morgan fingerprint density at radius 1 is 1.32 bits per heavy atom. The molecule has 138 valence electrons. The van der Waals surface area contributed by atoms with Gasteiger partial charge in [0.05, 0.1) is 19.2 Å². The third kappa shape index (κ3) is 5.19. The lowest BCUT2D eigenvalue weighted by Crippen LogP contribution is -2.45. The zero-order chi connectivity index (χ0) is 19.0. The van der Waals surface area contributed by atoms with Gasteiger partial charge in [0.1, 0.15) is 5.82 Å². The van der Waals surface area contributed by atoms with E-state index in [1.54, 1.807) is 11.9 Å². The van der Waals surface area contributed by atoms with Gasteiger partial charge in [0.25, 0.3) is 5.56 Å². The number of unbranched alkanes of at least 4 members (excludes halogenated alkanes) is 1. The molecule has 0 fully saturated rings. The number of nitrogen functional groups attached to an aromatic ring is 1. The Labute approximate surface area is 146 Å². The fraction of sp³-hybridized carbons (Fsp3) is 0.625. The SMILES string of the molecule is CCCCN(C(=O)CN(C)CC#N)c1c(N)n(CCC)c(=O)[nH]c1=O. The molecular weight excluding hydrogens is 324 g/mol. The minimum Gasteiger partial charge on any atom is -0.383 e. The molecule has 0 unspecified atom stereocenters. The summed E-state index contributed by atoms with van der Waals surface area (Å²) in [5, 5.41) is 8.73. The van der Waals surface area contributed by atoms with E-state index < -0.39 is 11.2 Å². The van der Waals surface area contributed by atoms with Crippen LogP contribution in [0.2, 0.25) is 0 Å². The maximum Gasteiger partial charge on any atom is 0.330 e. The van der Waals surface area contributed by atoms with Gasteiger partial charge in [-0.3, -0.25) is 24.0 Å². The van der Waals surface area contributed by atoms with Crippen LogP contribution in [0.3, 0.4) is 0 Å². The first-order valence-corrected chi connectivity index (χ1v) is 8.35. The average molecular weight is 350 g/mol. The van der Waals surface area contributed by atoms with Gasteiger partial charge in [0.15, 0.2) is 5.69 Å². The molecule has 3 N–H and O–H groups in total. The number of likely N-dealkylation sites (N-methyl/N-ethyl adjacent to an activating group) is 1. The second-order valence-corrected chi connectivity index (χ2v) is 5.87. The van der Waals surface area contributed by atoms with Gasteiger partial charge in [-0.15, -0.1) is 0 Å². The number of rotatable bonds is 9. The molecule has 1 rings (SSSR count). The maximum atomic E-state index is 12.7. The maximum absolute atomic E-state index is 12.7. The summed E-state index contributed by atoms with van der Waals surface area (Å²) in [6, 6.07) is 1.97. The Bertz CT molecular complexity index is 746. The minimum atomic E-state index is -0.678. The van der Waals surface area contributed by atoms with Crippen LogP contribution in [0, 0.1) is 11.3 Å². The highest BCUT2D eigenvalue weighted by Crippen LogP contribution is 2.18. The summed E-state index contributed by atoms with van der Waals surface area (Å²) in [4.78, 5) is 42.1. The van der Waals surface area contributed by atoms with E-state index in [-0.39, 0.29) is 30.5 Å². The van der Waals surface area contributed by atoms with Crippen LogP contribution in [0.5, 0.6) is 0 Å². The molecule has 1 heterocycles. The van der Waals surface area contributed by atoms with Crippen molar-refractivity contribution in [2.24, 2.45) is 0 Å². The van der Waals surface area contributed by atoms with E-state index in [9.17, 15) is 14.4 Å². The second-order valence-electron chi connectivity index (χ2n) is 5.87. The molecule has 9 heteroatoms.